The highest BCUT2D eigenvalue weighted by atomic mass is 19.4. The number of rotatable bonds is 6. The summed E-state index contributed by atoms with van der Waals surface area (Å²) in [6.45, 7) is 2.34. The highest BCUT2D eigenvalue weighted by Gasteiger charge is 2.35. The van der Waals surface area contributed by atoms with Gasteiger partial charge in [0.05, 0.1) is 29.9 Å². The molecule has 1 aliphatic rings. The summed E-state index contributed by atoms with van der Waals surface area (Å²) in [6.07, 6.45) is -2.26. The minimum Gasteiger partial charge on any atom is -0.493 e. The van der Waals surface area contributed by atoms with Crippen molar-refractivity contribution in [3.8, 4) is 23.1 Å². The van der Waals surface area contributed by atoms with Crippen molar-refractivity contribution < 1.29 is 17.9 Å². The number of aromatic amines is 1. The summed E-state index contributed by atoms with van der Waals surface area (Å²) in [6, 6.07) is 7.96. The van der Waals surface area contributed by atoms with E-state index in [0.717, 1.165) is 18.9 Å². The van der Waals surface area contributed by atoms with Crippen LogP contribution in [0.3, 0.4) is 0 Å². The molecule has 0 atom stereocenters. The first-order chi connectivity index (χ1) is 14.3. The maximum Gasteiger partial charge on any atom is 0.419 e. The van der Waals surface area contributed by atoms with Gasteiger partial charge in [-0.3, -0.25) is 4.90 Å². The monoisotopic (exact) mass is 415 g/mol. The van der Waals surface area contributed by atoms with Crippen molar-refractivity contribution in [3.05, 3.63) is 41.3 Å². The lowest BCUT2D eigenvalue weighted by Crippen LogP contribution is -2.20. The molecule has 1 aromatic carbocycles. The van der Waals surface area contributed by atoms with E-state index in [9.17, 15) is 18.4 Å². The molecule has 1 aliphatic carbocycles. The van der Waals surface area contributed by atoms with Gasteiger partial charge in [0.1, 0.15) is 23.2 Å². The number of hydrogen-bond acceptors (Lipinski definition) is 5. The average molecular weight is 415 g/mol. The highest BCUT2D eigenvalue weighted by molar-refractivity contribution is 5.84. The number of nitrogens with zero attached hydrogens (tertiary/aromatic N) is 4. The largest absolute Gasteiger partial charge is 0.493 e. The molecule has 0 aliphatic heterocycles. The maximum absolute atomic E-state index is 13.5. The van der Waals surface area contributed by atoms with Gasteiger partial charge in [-0.1, -0.05) is 0 Å². The van der Waals surface area contributed by atoms with Gasteiger partial charge in [0.2, 0.25) is 0 Å². The molecule has 0 saturated heterocycles. The van der Waals surface area contributed by atoms with Crippen LogP contribution in [0, 0.1) is 11.3 Å². The molecule has 30 heavy (non-hydrogen) atoms. The van der Waals surface area contributed by atoms with Crippen molar-refractivity contribution in [2.24, 2.45) is 0 Å². The number of fused-ring (bicyclic) bond motifs is 1. The smallest absolute Gasteiger partial charge is 0.419 e. The number of hydrogen-bond donors (Lipinski definition) is 1. The summed E-state index contributed by atoms with van der Waals surface area (Å²) in [4.78, 5) is 14.1. The normalized spacial score (nSPS) is 14.3. The maximum atomic E-state index is 13.5. The van der Waals surface area contributed by atoms with Crippen molar-refractivity contribution in [3.63, 3.8) is 0 Å². The van der Waals surface area contributed by atoms with E-state index in [-0.39, 0.29) is 29.3 Å². The van der Waals surface area contributed by atoms with Crippen molar-refractivity contribution in [2.75, 3.05) is 13.7 Å². The van der Waals surface area contributed by atoms with Crippen LogP contribution < -0.4 is 4.74 Å². The zero-order valence-electron chi connectivity index (χ0n) is 16.5. The fourth-order valence-electron chi connectivity index (χ4n) is 3.44. The van der Waals surface area contributed by atoms with E-state index in [1.54, 1.807) is 13.0 Å². The Balaban J connectivity index is 1.76. The third kappa shape index (κ3) is 3.96. The molecule has 4 rings (SSSR count). The summed E-state index contributed by atoms with van der Waals surface area (Å²) in [5.74, 6) is 0.458. The molecule has 1 N–H and O–H groups in total. The Morgan fingerprint density at radius 3 is 2.67 bits per heavy atom. The SMILES string of the molecule is CCOc1ccc(-c2cc3[nH]c(CN(C)C4CC4)nc3c(C#N)n2)cc1C(F)(F)F. The summed E-state index contributed by atoms with van der Waals surface area (Å²) in [5.41, 5.74) is 0.689. The second-order valence-corrected chi connectivity index (χ2v) is 7.34. The van der Waals surface area contributed by atoms with E-state index in [1.807, 2.05) is 13.1 Å². The van der Waals surface area contributed by atoms with Crippen LogP contribution in [0.15, 0.2) is 24.3 Å². The third-order valence-electron chi connectivity index (χ3n) is 5.07. The number of benzene rings is 1. The number of pyridine rings is 1. The molecular weight excluding hydrogens is 395 g/mol. The van der Waals surface area contributed by atoms with Crippen LogP contribution in [-0.2, 0) is 12.7 Å². The average Bonchev–Trinajstić information content (AvgIpc) is 3.47. The van der Waals surface area contributed by atoms with Crippen molar-refractivity contribution in [2.45, 2.75) is 38.5 Å². The number of nitriles is 1. The molecular formula is C21H20F3N5O. The zero-order chi connectivity index (χ0) is 21.5. The topological polar surface area (TPSA) is 77.8 Å². The van der Waals surface area contributed by atoms with Gasteiger partial charge in [0.15, 0.2) is 5.69 Å². The summed E-state index contributed by atoms with van der Waals surface area (Å²) >= 11 is 0. The van der Waals surface area contributed by atoms with Crippen LogP contribution in [0.4, 0.5) is 13.2 Å². The first-order valence-corrected chi connectivity index (χ1v) is 9.64. The van der Waals surface area contributed by atoms with Crippen LogP contribution in [0.1, 0.15) is 36.8 Å². The van der Waals surface area contributed by atoms with Gasteiger partial charge in [-0.05, 0) is 51.1 Å². The molecule has 3 aromatic rings. The lowest BCUT2D eigenvalue weighted by molar-refractivity contribution is -0.138. The van der Waals surface area contributed by atoms with Gasteiger partial charge in [-0.25, -0.2) is 9.97 Å². The van der Waals surface area contributed by atoms with Crippen LogP contribution in [0.25, 0.3) is 22.3 Å². The predicted octanol–water partition coefficient (Wildman–Crippen LogP) is 4.51. The van der Waals surface area contributed by atoms with Crippen molar-refractivity contribution in [1.82, 2.24) is 19.9 Å². The minimum absolute atomic E-state index is 0.0709. The first-order valence-electron chi connectivity index (χ1n) is 9.64. The summed E-state index contributed by atoms with van der Waals surface area (Å²) < 4.78 is 45.6. The van der Waals surface area contributed by atoms with Gasteiger partial charge < -0.3 is 9.72 Å². The number of imidazole rings is 1. The fraction of sp³-hybridized carbons (Fsp3) is 0.381. The number of ether oxygens (including phenoxy) is 1. The Bertz CT molecular complexity index is 1130. The number of alkyl halides is 3. The van der Waals surface area contributed by atoms with E-state index in [4.69, 9.17) is 4.74 Å². The lowest BCUT2D eigenvalue weighted by atomic mass is 10.1. The van der Waals surface area contributed by atoms with Gasteiger partial charge in [0, 0.05) is 11.6 Å². The molecule has 2 aromatic heterocycles. The Hall–Kier alpha value is -3.12. The number of aromatic nitrogens is 3. The van der Waals surface area contributed by atoms with E-state index in [1.165, 1.54) is 12.1 Å². The first kappa shape index (κ1) is 20.2. The zero-order valence-corrected chi connectivity index (χ0v) is 16.5. The standard InChI is InChI=1S/C21H20F3N5O/c1-3-30-18-7-4-12(8-14(18)21(22,23)24)15-9-16-20(17(10-25)26-15)28-19(27-16)11-29(2)13-5-6-13/h4,7-9,13H,3,5-6,11H2,1-2H3,(H,27,28). The summed E-state index contributed by atoms with van der Waals surface area (Å²) in [5, 5.41) is 9.52. The molecule has 2 heterocycles. The molecule has 9 heteroatoms. The number of nitrogens with one attached hydrogen (secondary N) is 1. The molecule has 156 valence electrons. The van der Waals surface area contributed by atoms with Gasteiger partial charge >= 0.3 is 6.18 Å². The molecule has 0 amide bonds. The molecule has 0 radical (unpaired) electrons. The van der Waals surface area contributed by atoms with E-state index in [0.29, 0.717) is 29.4 Å². The highest BCUT2D eigenvalue weighted by Crippen LogP contribution is 2.39. The molecule has 6 nitrogen and oxygen atoms in total. The molecule has 0 unspecified atom stereocenters. The second kappa shape index (κ2) is 7.61. The Morgan fingerprint density at radius 1 is 1.27 bits per heavy atom. The van der Waals surface area contributed by atoms with Gasteiger partial charge in [-0.15, -0.1) is 0 Å². The molecule has 1 saturated carbocycles. The summed E-state index contributed by atoms with van der Waals surface area (Å²) in [7, 11) is 2.01. The van der Waals surface area contributed by atoms with E-state index in [2.05, 4.69) is 19.9 Å². The minimum atomic E-state index is -4.57. The van der Waals surface area contributed by atoms with Gasteiger partial charge in [0.25, 0.3) is 0 Å². The Kier molecular flexibility index (Phi) is 5.12. The second-order valence-electron chi connectivity index (χ2n) is 7.34. The van der Waals surface area contributed by atoms with Gasteiger partial charge in [-0.2, -0.15) is 18.4 Å². The van der Waals surface area contributed by atoms with E-state index < -0.39 is 11.7 Å². The van der Waals surface area contributed by atoms with Crippen LogP contribution >= 0.6 is 0 Å². The molecule has 0 spiro atoms. The lowest BCUT2D eigenvalue weighted by Gasteiger charge is -2.14. The van der Waals surface area contributed by atoms with Crippen molar-refractivity contribution >= 4 is 11.0 Å². The third-order valence-corrected chi connectivity index (χ3v) is 5.07. The van der Waals surface area contributed by atoms with Crippen LogP contribution in [-0.4, -0.2) is 39.5 Å². The molecule has 0 bridgehead atoms. The Labute approximate surface area is 171 Å². The van der Waals surface area contributed by atoms with Crippen molar-refractivity contribution in [1.29, 1.82) is 5.26 Å². The number of H-pyrrole nitrogens is 1. The van der Waals surface area contributed by atoms with E-state index >= 15 is 0 Å². The quantitative estimate of drug-likeness (QED) is 0.641. The van der Waals surface area contributed by atoms with Crippen LogP contribution in [0.2, 0.25) is 0 Å². The van der Waals surface area contributed by atoms with Crippen LogP contribution in [0.5, 0.6) is 5.75 Å². The molecule has 1 fully saturated rings. The fourth-order valence-corrected chi connectivity index (χ4v) is 3.44. The number of halogens is 3. The predicted molar refractivity (Wildman–Crippen MR) is 105 cm³/mol. The Morgan fingerprint density at radius 2 is 2.03 bits per heavy atom.